The van der Waals surface area contributed by atoms with Gasteiger partial charge in [-0.25, -0.2) is 5.43 Å². The number of ether oxygens (including phenoxy) is 1. The van der Waals surface area contributed by atoms with Crippen LogP contribution < -0.4 is 15.6 Å². The first kappa shape index (κ1) is 26.2. The predicted octanol–water partition coefficient (Wildman–Crippen LogP) is 4.96. The number of rotatable bonds is 6. The molecule has 4 rings (SSSR count). The molecule has 0 aliphatic carbocycles. The SMILES string of the molecule is Cc1ccc(C)c(Nc2nc(N/N=C/c3ccccc3C(F)(F)F)nc(N3CCOCC3)n2)c1.Cl. The number of halogens is 4. The van der Waals surface area contributed by atoms with Gasteiger partial charge in [0, 0.05) is 24.3 Å². The maximum absolute atomic E-state index is 13.2. The summed E-state index contributed by atoms with van der Waals surface area (Å²) in [6, 6.07) is 11.2. The number of nitrogens with zero attached hydrogens (tertiary/aromatic N) is 5. The van der Waals surface area contributed by atoms with Crippen LogP contribution in [-0.4, -0.2) is 47.5 Å². The quantitative estimate of drug-likeness (QED) is 0.360. The van der Waals surface area contributed by atoms with Gasteiger partial charge in [0.25, 0.3) is 0 Å². The van der Waals surface area contributed by atoms with Crippen molar-refractivity contribution in [1.29, 1.82) is 0 Å². The molecule has 3 aromatic rings. The number of morpholine rings is 1. The molecule has 0 amide bonds. The number of hydrogen-bond donors (Lipinski definition) is 2. The average molecular weight is 508 g/mol. The van der Waals surface area contributed by atoms with Gasteiger partial charge in [0.2, 0.25) is 17.8 Å². The maximum Gasteiger partial charge on any atom is 0.417 e. The van der Waals surface area contributed by atoms with Crippen molar-refractivity contribution in [3.63, 3.8) is 0 Å². The molecule has 1 fully saturated rings. The van der Waals surface area contributed by atoms with Crippen molar-refractivity contribution in [1.82, 2.24) is 15.0 Å². The van der Waals surface area contributed by atoms with E-state index in [9.17, 15) is 13.2 Å². The van der Waals surface area contributed by atoms with Gasteiger partial charge < -0.3 is 15.0 Å². The molecule has 0 unspecified atom stereocenters. The molecule has 0 bridgehead atoms. The van der Waals surface area contributed by atoms with Crippen LogP contribution in [-0.2, 0) is 10.9 Å². The molecule has 8 nitrogen and oxygen atoms in total. The van der Waals surface area contributed by atoms with Gasteiger partial charge in [0.1, 0.15) is 0 Å². The van der Waals surface area contributed by atoms with Crippen LogP contribution in [0.4, 0.5) is 36.7 Å². The van der Waals surface area contributed by atoms with Gasteiger partial charge in [-0.2, -0.15) is 33.2 Å². The van der Waals surface area contributed by atoms with Crippen molar-refractivity contribution < 1.29 is 17.9 Å². The largest absolute Gasteiger partial charge is 0.417 e. The Labute approximate surface area is 207 Å². The van der Waals surface area contributed by atoms with Crippen LogP contribution in [0.3, 0.4) is 0 Å². The zero-order chi connectivity index (χ0) is 24.1. The number of anilines is 4. The van der Waals surface area contributed by atoms with Crippen LogP contribution in [0.2, 0.25) is 0 Å². The lowest BCUT2D eigenvalue weighted by Crippen LogP contribution is -2.37. The molecule has 186 valence electrons. The second kappa shape index (κ2) is 11.3. The third-order valence-electron chi connectivity index (χ3n) is 5.19. The molecule has 0 atom stereocenters. The Balaban J connectivity index is 0.00000342. The van der Waals surface area contributed by atoms with Crippen LogP contribution in [0.25, 0.3) is 0 Å². The van der Waals surface area contributed by atoms with Gasteiger partial charge in [-0.3, -0.25) is 0 Å². The summed E-state index contributed by atoms with van der Waals surface area (Å²) in [5, 5.41) is 7.16. The molecule has 0 saturated carbocycles. The maximum atomic E-state index is 13.2. The van der Waals surface area contributed by atoms with Gasteiger partial charge in [-0.1, -0.05) is 30.3 Å². The fourth-order valence-corrected chi connectivity index (χ4v) is 3.39. The van der Waals surface area contributed by atoms with Gasteiger partial charge >= 0.3 is 6.18 Å². The molecule has 12 heteroatoms. The van der Waals surface area contributed by atoms with Gasteiger partial charge in [-0.15, -0.1) is 12.4 Å². The number of hydrogen-bond acceptors (Lipinski definition) is 8. The van der Waals surface area contributed by atoms with Crippen molar-refractivity contribution in [2.45, 2.75) is 20.0 Å². The number of nitrogens with one attached hydrogen (secondary N) is 2. The molecule has 1 saturated heterocycles. The molecule has 1 aliphatic heterocycles. The van der Waals surface area contributed by atoms with E-state index >= 15 is 0 Å². The molecular weight excluding hydrogens is 483 g/mol. The fourth-order valence-electron chi connectivity index (χ4n) is 3.39. The first-order chi connectivity index (χ1) is 16.3. The van der Waals surface area contributed by atoms with Crippen LogP contribution in [0, 0.1) is 13.8 Å². The van der Waals surface area contributed by atoms with E-state index in [0.29, 0.717) is 38.2 Å². The Morgan fingerprint density at radius 1 is 1.00 bits per heavy atom. The van der Waals surface area contributed by atoms with Gasteiger partial charge in [-0.05, 0) is 37.1 Å². The third-order valence-corrected chi connectivity index (χ3v) is 5.19. The molecule has 1 aliphatic rings. The summed E-state index contributed by atoms with van der Waals surface area (Å²) in [6.45, 7) is 6.25. The van der Waals surface area contributed by atoms with E-state index in [2.05, 4.69) is 30.8 Å². The van der Waals surface area contributed by atoms with E-state index < -0.39 is 11.7 Å². The standard InChI is InChI=1S/C23H24F3N7O.ClH/c1-15-7-8-16(2)19(13-15)28-20-29-21(31-22(30-20)33-9-11-34-12-10-33)32-27-14-17-5-3-4-6-18(17)23(24,25)26;/h3-8,13-14H,9-12H2,1-2H3,(H2,28,29,30,31,32);1H/b27-14+;. The number of aromatic nitrogens is 3. The summed E-state index contributed by atoms with van der Waals surface area (Å²) < 4.78 is 45.1. The minimum Gasteiger partial charge on any atom is -0.378 e. The van der Waals surface area contributed by atoms with E-state index in [1.165, 1.54) is 18.2 Å². The van der Waals surface area contributed by atoms with E-state index in [0.717, 1.165) is 29.1 Å². The lowest BCUT2D eigenvalue weighted by Gasteiger charge is -2.27. The average Bonchev–Trinajstić information content (AvgIpc) is 2.82. The molecule has 35 heavy (non-hydrogen) atoms. The highest BCUT2D eigenvalue weighted by Crippen LogP contribution is 2.31. The normalized spacial score (nSPS) is 14.0. The fraction of sp³-hybridized carbons (Fsp3) is 0.304. The van der Waals surface area contributed by atoms with Crippen LogP contribution in [0.1, 0.15) is 22.3 Å². The molecule has 2 heterocycles. The summed E-state index contributed by atoms with van der Waals surface area (Å²) >= 11 is 0. The van der Waals surface area contributed by atoms with Crippen molar-refractivity contribution in [2.24, 2.45) is 5.10 Å². The topological polar surface area (TPSA) is 87.6 Å². The first-order valence-corrected chi connectivity index (χ1v) is 10.7. The minimum absolute atomic E-state index is 0. The number of alkyl halides is 3. The van der Waals surface area contributed by atoms with Gasteiger partial charge in [0.05, 0.1) is 25.0 Å². The Hall–Kier alpha value is -3.44. The van der Waals surface area contributed by atoms with E-state index in [1.807, 2.05) is 36.9 Å². The summed E-state index contributed by atoms with van der Waals surface area (Å²) in [5.74, 6) is 0.808. The first-order valence-electron chi connectivity index (χ1n) is 10.7. The monoisotopic (exact) mass is 507 g/mol. The number of benzene rings is 2. The summed E-state index contributed by atoms with van der Waals surface area (Å²) in [6.07, 6.45) is -3.39. The molecule has 2 aromatic carbocycles. The lowest BCUT2D eigenvalue weighted by molar-refractivity contribution is -0.137. The molecule has 0 spiro atoms. The summed E-state index contributed by atoms with van der Waals surface area (Å²) in [4.78, 5) is 15.2. The minimum atomic E-state index is -4.48. The Morgan fingerprint density at radius 2 is 1.71 bits per heavy atom. The van der Waals surface area contributed by atoms with Crippen molar-refractivity contribution in [2.75, 3.05) is 41.9 Å². The smallest absolute Gasteiger partial charge is 0.378 e. The zero-order valence-electron chi connectivity index (χ0n) is 19.1. The van der Waals surface area contributed by atoms with E-state index in [1.54, 1.807) is 0 Å². The second-order valence-corrected chi connectivity index (χ2v) is 7.78. The Morgan fingerprint density at radius 3 is 2.46 bits per heavy atom. The van der Waals surface area contributed by atoms with Crippen molar-refractivity contribution in [3.05, 3.63) is 64.7 Å². The van der Waals surface area contributed by atoms with Crippen molar-refractivity contribution in [3.8, 4) is 0 Å². The van der Waals surface area contributed by atoms with E-state index in [4.69, 9.17) is 4.74 Å². The van der Waals surface area contributed by atoms with Crippen LogP contribution in [0.5, 0.6) is 0 Å². The Bertz CT molecular complexity index is 1180. The zero-order valence-corrected chi connectivity index (χ0v) is 20.0. The van der Waals surface area contributed by atoms with Crippen LogP contribution in [0.15, 0.2) is 47.6 Å². The van der Waals surface area contributed by atoms with E-state index in [-0.39, 0.29) is 23.9 Å². The predicted molar refractivity (Wildman–Crippen MR) is 132 cm³/mol. The molecular formula is C23H25ClF3N7O. The highest BCUT2D eigenvalue weighted by atomic mass is 35.5. The lowest BCUT2D eigenvalue weighted by atomic mass is 10.1. The third kappa shape index (κ3) is 6.80. The molecule has 0 radical (unpaired) electrons. The highest BCUT2D eigenvalue weighted by Gasteiger charge is 2.32. The molecule has 1 aromatic heterocycles. The number of aryl methyl sites for hydroxylation is 2. The summed E-state index contributed by atoms with van der Waals surface area (Å²) in [5.41, 5.74) is 4.72. The van der Waals surface area contributed by atoms with Crippen molar-refractivity contribution >= 4 is 42.2 Å². The summed E-state index contributed by atoms with van der Waals surface area (Å²) in [7, 11) is 0. The Kier molecular flexibility index (Phi) is 8.47. The second-order valence-electron chi connectivity index (χ2n) is 7.78. The molecule has 2 N–H and O–H groups in total. The van der Waals surface area contributed by atoms with Gasteiger partial charge in [0.15, 0.2) is 0 Å². The number of hydrazone groups is 1. The van der Waals surface area contributed by atoms with Crippen LogP contribution >= 0.6 is 12.4 Å². The highest BCUT2D eigenvalue weighted by molar-refractivity contribution is 5.85.